The fourth-order valence-electron chi connectivity index (χ4n) is 5.75. The summed E-state index contributed by atoms with van der Waals surface area (Å²) >= 11 is -1.01. The summed E-state index contributed by atoms with van der Waals surface area (Å²) in [6.07, 6.45) is 8.22. The summed E-state index contributed by atoms with van der Waals surface area (Å²) in [6, 6.07) is 46.6. The fraction of sp³-hybridized carbons (Fsp3) is 0.0526. The molecule has 3 heteroatoms. The van der Waals surface area contributed by atoms with Crippen molar-refractivity contribution in [3.05, 3.63) is 180 Å². The number of fused-ring (bicyclic) bond motifs is 2. The molecule has 196 valence electrons. The third-order valence-corrected chi connectivity index (χ3v) is 12.4. The number of hydrogen-bond acceptors (Lipinski definition) is 2. The molecule has 41 heavy (non-hydrogen) atoms. The van der Waals surface area contributed by atoms with Gasteiger partial charge in [-0.05, 0) is 11.1 Å². The molecule has 0 N–H and O–H groups in total. The van der Waals surface area contributed by atoms with E-state index in [9.17, 15) is 0 Å². The molecule has 2 nitrogen and oxygen atoms in total. The molecule has 2 aromatic heterocycles. The van der Waals surface area contributed by atoms with Crippen LogP contribution in [0, 0.1) is 0 Å². The van der Waals surface area contributed by atoms with Crippen molar-refractivity contribution in [2.75, 3.05) is 0 Å². The van der Waals surface area contributed by atoms with Crippen molar-refractivity contribution >= 4 is 23.3 Å². The van der Waals surface area contributed by atoms with Gasteiger partial charge in [0.25, 0.3) is 0 Å². The minimum absolute atomic E-state index is 0.454. The SMILES string of the molecule is C1=C(c2ccco2)[CH]([Zr][CH]2C(c3ccco3)=Cc3ccccc32)c2ccccc21.c1ccc(-c2ccccc2)cc1. The Hall–Kier alpha value is -4.20. The summed E-state index contributed by atoms with van der Waals surface area (Å²) in [5.41, 5.74) is 10.8. The third-order valence-electron chi connectivity index (χ3n) is 7.68. The first-order chi connectivity index (χ1) is 20.3. The van der Waals surface area contributed by atoms with Crippen LogP contribution in [0.2, 0.25) is 0 Å². The van der Waals surface area contributed by atoms with Crippen LogP contribution in [-0.4, -0.2) is 0 Å². The first kappa shape index (κ1) is 25.7. The van der Waals surface area contributed by atoms with Crippen LogP contribution in [-0.2, 0) is 23.2 Å². The van der Waals surface area contributed by atoms with E-state index < -0.39 is 23.2 Å². The zero-order valence-electron chi connectivity index (χ0n) is 22.5. The first-order valence-electron chi connectivity index (χ1n) is 13.9. The van der Waals surface area contributed by atoms with Crippen LogP contribution in [0.15, 0.2) is 155 Å². The fourth-order valence-corrected chi connectivity index (χ4v) is 10.7. The van der Waals surface area contributed by atoms with Crippen LogP contribution in [0.3, 0.4) is 0 Å². The standard InChI is InChI=1S/2C13H9O.C12H10.Zr/c2*1-2-5-11-9-12(8-10(11)4-1)13-6-3-7-14-13;1-3-7-11(8-4-1)12-9-5-2-6-10-12;/h2*1-9H;1-10H;. The van der Waals surface area contributed by atoms with E-state index in [1.807, 2.05) is 24.3 Å². The Labute approximate surface area is 252 Å². The summed E-state index contributed by atoms with van der Waals surface area (Å²) in [7, 11) is 0. The first-order valence-corrected chi connectivity index (χ1v) is 16.7. The topological polar surface area (TPSA) is 26.3 Å². The smallest absolute Gasteiger partial charge is 0.0184 e. The molecule has 2 heterocycles. The quantitative estimate of drug-likeness (QED) is 0.195. The molecular formula is C38H28O2Zr. The number of rotatable bonds is 5. The second-order valence-electron chi connectivity index (χ2n) is 10.2. The molecule has 2 atom stereocenters. The van der Waals surface area contributed by atoms with E-state index in [-0.39, 0.29) is 0 Å². The van der Waals surface area contributed by atoms with Crippen molar-refractivity contribution < 1.29 is 32.1 Å². The zero-order chi connectivity index (χ0) is 27.4. The van der Waals surface area contributed by atoms with Crippen LogP contribution >= 0.6 is 0 Å². The molecule has 0 aliphatic heterocycles. The van der Waals surface area contributed by atoms with E-state index in [1.54, 1.807) is 12.5 Å². The van der Waals surface area contributed by atoms with Gasteiger partial charge in [-0.15, -0.1) is 0 Å². The van der Waals surface area contributed by atoms with Gasteiger partial charge < -0.3 is 0 Å². The van der Waals surface area contributed by atoms with Gasteiger partial charge >= 0.3 is 182 Å². The maximum atomic E-state index is 5.84. The molecule has 2 unspecified atom stereocenters. The largest absolute Gasteiger partial charge is 0.0622 e. The van der Waals surface area contributed by atoms with Crippen LogP contribution in [0.25, 0.3) is 34.4 Å². The van der Waals surface area contributed by atoms with Crippen molar-refractivity contribution in [2.45, 2.75) is 7.25 Å². The average Bonchev–Trinajstić information content (AvgIpc) is 3.86. The minimum Gasteiger partial charge on any atom is -0.0622 e. The van der Waals surface area contributed by atoms with Crippen LogP contribution in [0.4, 0.5) is 0 Å². The average molecular weight is 608 g/mol. The van der Waals surface area contributed by atoms with E-state index in [4.69, 9.17) is 8.83 Å². The van der Waals surface area contributed by atoms with Gasteiger partial charge in [-0.25, -0.2) is 0 Å². The van der Waals surface area contributed by atoms with Gasteiger partial charge in [0.05, 0.1) is 0 Å². The second kappa shape index (κ2) is 11.7. The molecule has 6 aromatic rings. The molecule has 2 aliphatic rings. The predicted molar refractivity (Wildman–Crippen MR) is 163 cm³/mol. The van der Waals surface area contributed by atoms with E-state index >= 15 is 0 Å². The van der Waals surface area contributed by atoms with Crippen LogP contribution < -0.4 is 0 Å². The van der Waals surface area contributed by atoms with Crippen molar-refractivity contribution in [2.24, 2.45) is 0 Å². The molecule has 0 saturated heterocycles. The zero-order valence-corrected chi connectivity index (χ0v) is 24.9. The molecule has 4 aromatic carbocycles. The Bertz CT molecular complexity index is 1660. The van der Waals surface area contributed by atoms with Gasteiger partial charge in [-0.2, -0.15) is 0 Å². The van der Waals surface area contributed by atoms with Crippen molar-refractivity contribution in [3.8, 4) is 11.1 Å². The molecule has 0 radical (unpaired) electrons. The van der Waals surface area contributed by atoms with E-state index in [2.05, 4.69) is 121 Å². The van der Waals surface area contributed by atoms with Gasteiger partial charge in [-0.1, -0.05) is 60.7 Å². The van der Waals surface area contributed by atoms with E-state index in [0.29, 0.717) is 7.25 Å². The van der Waals surface area contributed by atoms with Crippen molar-refractivity contribution in [3.63, 3.8) is 0 Å². The third kappa shape index (κ3) is 5.31. The summed E-state index contributed by atoms with van der Waals surface area (Å²) < 4.78 is 12.6. The van der Waals surface area contributed by atoms with E-state index in [1.165, 1.54) is 44.5 Å². The Morgan fingerprint density at radius 2 is 0.829 bits per heavy atom. The summed E-state index contributed by atoms with van der Waals surface area (Å²) in [6.45, 7) is 0. The Kier molecular flexibility index (Phi) is 7.37. The van der Waals surface area contributed by atoms with Gasteiger partial charge in [0.1, 0.15) is 0 Å². The molecule has 0 spiro atoms. The summed E-state index contributed by atoms with van der Waals surface area (Å²) in [5.74, 6) is 2.00. The molecule has 0 amide bonds. The van der Waals surface area contributed by atoms with Crippen LogP contribution in [0.1, 0.15) is 41.0 Å². The summed E-state index contributed by atoms with van der Waals surface area (Å²) in [5, 5.41) is 0. The molecule has 2 aliphatic carbocycles. The molecule has 0 fully saturated rings. The molecule has 0 bridgehead atoms. The maximum absolute atomic E-state index is 5.84. The number of benzene rings is 4. The van der Waals surface area contributed by atoms with Crippen LogP contribution in [0.5, 0.6) is 0 Å². The van der Waals surface area contributed by atoms with Crippen molar-refractivity contribution in [1.82, 2.24) is 0 Å². The van der Waals surface area contributed by atoms with Gasteiger partial charge in [0, 0.05) is 0 Å². The van der Waals surface area contributed by atoms with Gasteiger partial charge in [0.15, 0.2) is 0 Å². The second-order valence-corrected chi connectivity index (χ2v) is 13.8. The molecular weight excluding hydrogens is 580 g/mol. The minimum atomic E-state index is -1.01. The van der Waals surface area contributed by atoms with Gasteiger partial charge in [0.2, 0.25) is 0 Å². The number of furan rings is 2. The normalized spacial score (nSPS) is 16.6. The van der Waals surface area contributed by atoms with Gasteiger partial charge in [-0.3, -0.25) is 0 Å². The predicted octanol–water partition coefficient (Wildman–Crippen LogP) is 10.2. The summed E-state index contributed by atoms with van der Waals surface area (Å²) in [4.78, 5) is 0. The van der Waals surface area contributed by atoms with E-state index in [0.717, 1.165) is 11.5 Å². The Morgan fingerprint density at radius 3 is 1.24 bits per heavy atom. The van der Waals surface area contributed by atoms with Crippen molar-refractivity contribution in [1.29, 1.82) is 0 Å². The molecule has 8 rings (SSSR count). The molecule has 0 saturated carbocycles. The Morgan fingerprint density at radius 1 is 0.415 bits per heavy atom. The number of allylic oxidation sites excluding steroid dienone is 2. The maximum Gasteiger partial charge on any atom is -0.0184 e. The number of hydrogen-bond donors (Lipinski definition) is 0. The Balaban J connectivity index is 0.000000193. The monoisotopic (exact) mass is 606 g/mol.